The molecule has 1 aliphatic rings. The summed E-state index contributed by atoms with van der Waals surface area (Å²) in [6, 6.07) is 21.6. The zero-order valence-corrected chi connectivity index (χ0v) is 16.6. The summed E-state index contributed by atoms with van der Waals surface area (Å²) in [4.78, 5) is 26.7. The topological polar surface area (TPSA) is 79.5 Å². The molecule has 2 N–H and O–H groups in total. The van der Waals surface area contributed by atoms with E-state index >= 15 is 0 Å². The van der Waals surface area contributed by atoms with Gasteiger partial charge in [-0.25, -0.2) is 0 Å². The highest BCUT2D eigenvalue weighted by Crippen LogP contribution is 2.40. The van der Waals surface area contributed by atoms with Gasteiger partial charge >= 0.3 is 0 Å². The number of benzene rings is 3. The summed E-state index contributed by atoms with van der Waals surface area (Å²) in [6.07, 6.45) is 2.62. The molecule has 0 aliphatic heterocycles. The van der Waals surface area contributed by atoms with Gasteiger partial charge in [-0.1, -0.05) is 42.5 Å². The first-order valence-corrected chi connectivity index (χ1v) is 10.0. The van der Waals surface area contributed by atoms with Crippen LogP contribution < -0.4 is 5.32 Å². The van der Waals surface area contributed by atoms with Crippen molar-refractivity contribution in [1.29, 1.82) is 0 Å². The van der Waals surface area contributed by atoms with Crippen molar-refractivity contribution in [2.75, 3.05) is 5.32 Å². The summed E-state index contributed by atoms with van der Waals surface area (Å²) in [7, 11) is 0. The van der Waals surface area contributed by atoms with Crippen molar-refractivity contribution in [2.24, 2.45) is 0 Å². The molecule has 5 rings (SSSR count). The number of phenolic OH excluding ortho intramolecular Hbond substituents is 1. The van der Waals surface area contributed by atoms with Gasteiger partial charge < -0.3 is 14.8 Å². The fraction of sp³-hybridized carbons (Fsp3) is 0.0769. The van der Waals surface area contributed by atoms with E-state index in [1.165, 1.54) is 0 Å². The van der Waals surface area contributed by atoms with Gasteiger partial charge in [-0.2, -0.15) is 0 Å². The van der Waals surface area contributed by atoms with Crippen LogP contribution in [0.3, 0.4) is 0 Å². The molecule has 0 unspecified atom stereocenters. The molecule has 0 atom stereocenters. The molecule has 31 heavy (non-hydrogen) atoms. The third-order valence-corrected chi connectivity index (χ3v) is 5.52. The quantitative estimate of drug-likeness (QED) is 0.386. The van der Waals surface area contributed by atoms with E-state index in [9.17, 15) is 14.7 Å². The van der Waals surface area contributed by atoms with Gasteiger partial charge in [-0.3, -0.25) is 9.59 Å². The van der Waals surface area contributed by atoms with E-state index in [1.807, 2.05) is 42.5 Å². The Labute approximate surface area is 179 Å². The number of anilines is 2. The number of carbonyl (C=O) groups is 2. The van der Waals surface area contributed by atoms with E-state index in [2.05, 4.69) is 5.32 Å². The lowest BCUT2D eigenvalue weighted by Gasteiger charge is -2.23. The van der Waals surface area contributed by atoms with Crippen LogP contribution in [-0.4, -0.2) is 16.7 Å². The van der Waals surface area contributed by atoms with E-state index in [4.69, 9.17) is 4.42 Å². The summed E-state index contributed by atoms with van der Waals surface area (Å²) in [5.41, 5.74) is 2.77. The number of aromatic hydroxyl groups is 1. The van der Waals surface area contributed by atoms with E-state index in [0.717, 1.165) is 11.4 Å². The predicted octanol–water partition coefficient (Wildman–Crippen LogP) is 5.29. The third-order valence-electron chi connectivity index (χ3n) is 5.52. The second-order valence-corrected chi connectivity index (χ2v) is 7.46. The largest absolute Gasteiger partial charge is 0.507 e. The molecule has 1 aliphatic carbocycles. The molecular weight excluding hydrogens is 390 g/mol. The van der Waals surface area contributed by atoms with E-state index < -0.39 is 0 Å². The molecule has 0 saturated heterocycles. The first-order valence-electron chi connectivity index (χ1n) is 10.0. The molecule has 0 saturated carbocycles. The Morgan fingerprint density at radius 3 is 2.13 bits per heavy atom. The van der Waals surface area contributed by atoms with Gasteiger partial charge in [0.05, 0.1) is 23.1 Å². The van der Waals surface area contributed by atoms with Gasteiger partial charge in [-0.15, -0.1) is 0 Å². The molecule has 5 nitrogen and oxygen atoms in total. The molecule has 4 aromatic rings. The first-order chi connectivity index (χ1) is 15.1. The lowest BCUT2D eigenvalue weighted by atomic mass is 9.81. The van der Waals surface area contributed by atoms with Crippen molar-refractivity contribution in [1.82, 2.24) is 0 Å². The highest BCUT2D eigenvalue weighted by atomic mass is 16.3. The van der Waals surface area contributed by atoms with Crippen molar-refractivity contribution in [2.45, 2.75) is 12.8 Å². The average molecular weight is 409 g/mol. The van der Waals surface area contributed by atoms with Crippen LogP contribution in [0.5, 0.6) is 5.75 Å². The minimum Gasteiger partial charge on any atom is -0.507 e. The summed E-state index contributed by atoms with van der Waals surface area (Å²) < 4.78 is 5.40. The standard InChI is InChI=1S/C26H19NO4/c28-24-16(12-13-18-9-6-14-31-18)15-21(27-17-7-2-1-3-8-17)22-23(24)26(30)20-11-5-4-10-19(20)25(22)29/h1-11,14-15,27-28H,12-13H2. The Balaban J connectivity index is 1.66. The molecule has 0 spiro atoms. The minimum atomic E-state index is -0.348. The van der Waals surface area contributed by atoms with Gasteiger partial charge in [-0.05, 0) is 42.3 Å². The maximum Gasteiger partial charge on any atom is 0.198 e. The highest BCUT2D eigenvalue weighted by Gasteiger charge is 2.35. The number of hydrogen-bond acceptors (Lipinski definition) is 5. The maximum absolute atomic E-state index is 13.4. The number of ketones is 2. The van der Waals surface area contributed by atoms with Crippen LogP contribution in [0.25, 0.3) is 0 Å². The normalized spacial score (nSPS) is 12.4. The van der Waals surface area contributed by atoms with Gasteiger partial charge in [0.15, 0.2) is 11.6 Å². The molecule has 0 radical (unpaired) electrons. The number of rotatable bonds is 5. The summed E-state index contributed by atoms with van der Waals surface area (Å²) in [5.74, 6) is 0.00522. The third kappa shape index (κ3) is 3.30. The molecule has 0 bridgehead atoms. The SMILES string of the molecule is O=C1c2ccccc2C(=O)c2c(O)c(CCc3ccco3)cc(Nc3ccccc3)c21. The number of carbonyl (C=O) groups excluding carboxylic acids is 2. The van der Waals surface area contributed by atoms with Crippen LogP contribution in [0.15, 0.2) is 83.5 Å². The van der Waals surface area contributed by atoms with Crippen LogP contribution in [0.1, 0.15) is 43.2 Å². The molecule has 1 aromatic heterocycles. The Morgan fingerprint density at radius 2 is 1.45 bits per heavy atom. The second-order valence-electron chi connectivity index (χ2n) is 7.46. The smallest absolute Gasteiger partial charge is 0.198 e. The van der Waals surface area contributed by atoms with Crippen LogP contribution in [-0.2, 0) is 12.8 Å². The molecule has 0 amide bonds. The highest BCUT2D eigenvalue weighted by molar-refractivity contribution is 6.31. The Morgan fingerprint density at radius 1 is 0.774 bits per heavy atom. The lowest BCUT2D eigenvalue weighted by Crippen LogP contribution is -2.23. The fourth-order valence-electron chi connectivity index (χ4n) is 4.01. The summed E-state index contributed by atoms with van der Waals surface area (Å²) in [6.45, 7) is 0. The van der Waals surface area contributed by atoms with Gasteiger partial charge in [0.1, 0.15) is 11.5 Å². The number of nitrogens with one attached hydrogen (secondary N) is 1. The van der Waals surface area contributed by atoms with Crippen molar-refractivity contribution < 1.29 is 19.1 Å². The molecule has 1 heterocycles. The number of aryl methyl sites for hydroxylation is 2. The number of para-hydroxylation sites is 1. The lowest BCUT2D eigenvalue weighted by molar-refractivity contribution is 0.0977. The zero-order chi connectivity index (χ0) is 21.4. The predicted molar refractivity (Wildman–Crippen MR) is 117 cm³/mol. The minimum absolute atomic E-state index is 0.0547. The monoisotopic (exact) mass is 409 g/mol. The first kappa shape index (κ1) is 18.9. The summed E-state index contributed by atoms with van der Waals surface area (Å²) >= 11 is 0. The summed E-state index contributed by atoms with van der Waals surface area (Å²) in [5, 5.41) is 14.3. The zero-order valence-electron chi connectivity index (χ0n) is 16.6. The average Bonchev–Trinajstić information content (AvgIpc) is 3.32. The second kappa shape index (κ2) is 7.61. The van der Waals surface area contributed by atoms with Crippen molar-refractivity contribution >= 4 is 22.9 Å². The van der Waals surface area contributed by atoms with Gasteiger partial charge in [0.25, 0.3) is 0 Å². The maximum atomic E-state index is 13.4. The van der Waals surface area contributed by atoms with Crippen LogP contribution >= 0.6 is 0 Å². The molecule has 5 heteroatoms. The molecule has 152 valence electrons. The number of furan rings is 1. The molecule has 0 fully saturated rings. The van der Waals surface area contributed by atoms with E-state index in [-0.39, 0.29) is 28.4 Å². The Hall–Kier alpha value is -4.12. The van der Waals surface area contributed by atoms with E-state index in [0.29, 0.717) is 35.2 Å². The fourth-order valence-corrected chi connectivity index (χ4v) is 4.01. The van der Waals surface area contributed by atoms with Crippen LogP contribution in [0, 0.1) is 0 Å². The molecular formula is C26H19NO4. The number of hydrogen-bond donors (Lipinski definition) is 2. The number of fused-ring (bicyclic) bond motifs is 2. The number of phenols is 1. The van der Waals surface area contributed by atoms with Crippen LogP contribution in [0.4, 0.5) is 11.4 Å². The van der Waals surface area contributed by atoms with Crippen molar-refractivity contribution in [3.05, 3.63) is 113 Å². The molecule has 3 aromatic carbocycles. The Bertz CT molecular complexity index is 1290. The van der Waals surface area contributed by atoms with Crippen molar-refractivity contribution in [3.63, 3.8) is 0 Å². The van der Waals surface area contributed by atoms with Crippen molar-refractivity contribution in [3.8, 4) is 5.75 Å². The van der Waals surface area contributed by atoms with E-state index in [1.54, 1.807) is 36.6 Å². The van der Waals surface area contributed by atoms with Gasteiger partial charge in [0, 0.05) is 23.2 Å². The Kier molecular flexibility index (Phi) is 4.64. The van der Waals surface area contributed by atoms with Gasteiger partial charge in [0.2, 0.25) is 0 Å². The van der Waals surface area contributed by atoms with Crippen LogP contribution in [0.2, 0.25) is 0 Å².